The first-order valence-electron chi connectivity index (χ1n) is 14.6. The van der Waals surface area contributed by atoms with Gasteiger partial charge in [-0.3, -0.25) is 14.4 Å². The Morgan fingerprint density at radius 3 is 2.20 bits per heavy atom. The first kappa shape index (κ1) is 32.2. The van der Waals surface area contributed by atoms with Crippen LogP contribution in [0.1, 0.15) is 49.9 Å². The summed E-state index contributed by atoms with van der Waals surface area (Å²) >= 11 is 0. The Bertz CT molecular complexity index is 1570. The Labute approximate surface area is 258 Å². The van der Waals surface area contributed by atoms with Crippen molar-refractivity contribution < 1.29 is 28.5 Å². The maximum Gasteiger partial charge on any atom is 0.243 e. The van der Waals surface area contributed by atoms with E-state index in [2.05, 4.69) is 16.0 Å². The molecule has 0 spiro atoms. The van der Waals surface area contributed by atoms with Crippen molar-refractivity contribution in [3.8, 4) is 34.1 Å². The Balaban J connectivity index is 1.76. The van der Waals surface area contributed by atoms with Crippen LogP contribution in [0.4, 0.5) is 5.69 Å². The average molecular weight is 604 g/mol. The van der Waals surface area contributed by atoms with Gasteiger partial charge in [0.2, 0.25) is 23.0 Å². The van der Waals surface area contributed by atoms with Crippen LogP contribution >= 0.6 is 0 Å². The number of carbonyl (C=O) groups is 2. The fourth-order valence-electron chi connectivity index (χ4n) is 5.57. The van der Waals surface area contributed by atoms with E-state index in [9.17, 15) is 14.4 Å². The summed E-state index contributed by atoms with van der Waals surface area (Å²) in [5, 5.41) is 9.19. The van der Waals surface area contributed by atoms with Crippen molar-refractivity contribution in [2.24, 2.45) is 5.92 Å². The van der Waals surface area contributed by atoms with Crippen LogP contribution in [-0.4, -0.2) is 46.3 Å². The second-order valence-electron chi connectivity index (χ2n) is 11.0. The summed E-state index contributed by atoms with van der Waals surface area (Å²) in [6, 6.07) is 13.3. The largest absolute Gasteiger partial charge is 0.497 e. The number of amides is 2. The molecule has 3 aromatic rings. The van der Waals surface area contributed by atoms with Crippen LogP contribution in [-0.2, 0) is 22.6 Å². The molecule has 0 aromatic heterocycles. The number of nitrogens with one attached hydrogen (secondary N) is 3. The summed E-state index contributed by atoms with van der Waals surface area (Å²) in [4.78, 5) is 39.3. The minimum absolute atomic E-state index is 0.127. The first-order valence-corrected chi connectivity index (χ1v) is 14.6. The van der Waals surface area contributed by atoms with E-state index in [0.717, 1.165) is 22.4 Å². The summed E-state index contributed by atoms with van der Waals surface area (Å²) in [5.41, 5.74) is 3.92. The molecule has 0 unspecified atom stereocenters. The van der Waals surface area contributed by atoms with Crippen LogP contribution in [0.15, 0.2) is 53.3 Å². The van der Waals surface area contributed by atoms with Gasteiger partial charge in [-0.25, -0.2) is 0 Å². The van der Waals surface area contributed by atoms with Crippen molar-refractivity contribution in [1.29, 1.82) is 0 Å². The van der Waals surface area contributed by atoms with Crippen molar-refractivity contribution >= 4 is 17.5 Å². The van der Waals surface area contributed by atoms with E-state index in [0.29, 0.717) is 47.8 Å². The number of hydrogen-bond donors (Lipinski definition) is 3. The molecule has 1 aliphatic carbocycles. The lowest BCUT2D eigenvalue weighted by molar-refractivity contribution is -0.123. The standard InChI is InChI=1S/C34H41N3O7/c1-19(2)31(34(40)35-18-21-8-11-23(41-4)12-9-21)37-27-15-13-24-25(17-28(27)39)26(36-20(3)38)14-10-22-16-29(42-5)32(43-6)33(44-7)30(22)24/h8-9,11-13,15-17,19,26,31H,10,14,18H2,1-7H3,(H,35,40)(H,36,38)(H,37,39)/t26-,31+/m1/s1. The fourth-order valence-corrected chi connectivity index (χ4v) is 5.57. The highest BCUT2D eigenvalue weighted by Gasteiger charge is 2.30. The molecule has 1 aliphatic rings. The first-order chi connectivity index (χ1) is 21.1. The van der Waals surface area contributed by atoms with Gasteiger partial charge in [0.05, 0.1) is 40.2 Å². The highest BCUT2D eigenvalue weighted by atomic mass is 16.5. The summed E-state index contributed by atoms with van der Waals surface area (Å²) in [5.74, 6) is 1.59. The van der Waals surface area contributed by atoms with E-state index in [4.69, 9.17) is 18.9 Å². The molecule has 0 aliphatic heterocycles. The summed E-state index contributed by atoms with van der Waals surface area (Å²) in [7, 11) is 6.26. The van der Waals surface area contributed by atoms with Crippen molar-refractivity contribution in [3.05, 3.63) is 75.4 Å². The average Bonchev–Trinajstić information content (AvgIpc) is 3.25. The number of fused-ring (bicyclic) bond motifs is 3. The zero-order chi connectivity index (χ0) is 32.0. The van der Waals surface area contributed by atoms with Crippen molar-refractivity contribution in [2.75, 3.05) is 33.8 Å². The minimum Gasteiger partial charge on any atom is -0.497 e. The smallest absolute Gasteiger partial charge is 0.243 e. The Morgan fingerprint density at radius 1 is 0.909 bits per heavy atom. The molecule has 44 heavy (non-hydrogen) atoms. The van der Waals surface area contributed by atoms with E-state index in [1.807, 2.05) is 50.2 Å². The SMILES string of the molecule is COc1ccc(CNC(=O)[C@@H](Nc2ccc3c(cc2=O)[C@H](NC(C)=O)CCc2cc(OC)c(OC)c(OC)c2-3)C(C)C)cc1. The number of anilines is 1. The monoisotopic (exact) mass is 603 g/mol. The molecule has 0 saturated heterocycles. The maximum absolute atomic E-state index is 13.8. The predicted molar refractivity (Wildman–Crippen MR) is 170 cm³/mol. The van der Waals surface area contributed by atoms with Crippen LogP contribution in [0.5, 0.6) is 23.0 Å². The molecule has 2 amide bonds. The number of rotatable bonds is 11. The highest BCUT2D eigenvalue weighted by Crippen LogP contribution is 2.50. The second-order valence-corrected chi connectivity index (χ2v) is 11.0. The lowest BCUT2D eigenvalue weighted by Gasteiger charge is -2.22. The summed E-state index contributed by atoms with van der Waals surface area (Å²) in [6.45, 7) is 5.62. The van der Waals surface area contributed by atoms with Gasteiger partial charge in [-0.2, -0.15) is 0 Å². The van der Waals surface area contributed by atoms with Gasteiger partial charge in [0.15, 0.2) is 11.5 Å². The molecule has 2 atom stereocenters. The molecule has 10 heteroatoms. The third kappa shape index (κ3) is 6.90. The second kappa shape index (κ2) is 14.2. The Kier molecular flexibility index (Phi) is 10.4. The Morgan fingerprint density at radius 2 is 1.61 bits per heavy atom. The molecule has 0 saturated carbocycles. The third-order valence-electron chi connectivity index (χ3n) is 7.80. The Hall–Kier alpha value is -4.73. The van der Waals surface area contributed by atoms with Gasteiger partial charge < -0.3 is 34.9 Å². The van der Waals surface area contributed by atoms with Crippen LogP contribution in [0, 0.1) is 5.92 Å². The lowest BCUT2D eigenvalue weighted by atomic mass is 9.95. The lowest BCUT2D eigenvalue weighted by Crippen LogP contribution is -2.43. The van der Waals surface area contributed by atoms with E-state index in [1.54, 1.807) is 34.5 Å². The van der Waals surface area contributed by atoms with E-state index in [1.165, 1.54) is 13.0 Å². The number of benzene rings is 2. The van der Waals surface area contributed by atoms with Gasteiger partial charge in [-0.05, 0) is 71.3 Å². The summed E-state index contributed by atoms with van der Waals surface area (Å²) in [6.07, 6.45) is 1.14. The number of aryl methyl sites for hydroxylation is 1. The van der Waals surface area contributed by atoms with Crippen molar-refractivity contribution in [3.63, 3.8) is 0 Å². The predicted octanol–water partition coefficient (Wildman–Crippen LogP) is 4.62. The number of methoxy groups -OCH3 is 4. The molecule has 4 rings (SSSR count). The van der Waals surface area contributed by atoms with Gasteiger partial charge >= 0.3 is 0 Å². The minimum atomic E-state index is -0.680. The number of hydrogen-bond acceptors (Lipinski definition) is 8. The molecule has 0 bridgehead atoms. The topological polar surface area (TPSA) is 124 Å². The van der Waals surface area contributed by atoms with Gasteiger partial charge in [0.1, 0.15) is 11.8 Å². The molecule has 3 aromatic carbocycles. The maximum atomic E-state index is 13.8. The number of carbonyl (C=O) groups excluding carboxylic acids is 2. The molecule has 0 heterocycles. The highest BCUT2D eigenvalue weighted by molar-refractivity contribution is 5.86. The van der Waals surface area contributed by atoms with Gasteiger partial charge in [-0.1, -0.05) is 32.0 Å². The van der Waals surface area contributed by atoms with Gasteiger partial charge in [-0.15, -0.1) is 0 Å². The molecule has 0 radical (unpaired) electrons. The zero-order valence-corrected chi connectivity index (χ0v) is 26.3. The fraction of sp³-hybridized carbons (Fsp3) is 0.382. The third-order valence-corrected chi connectivity index (χ3v) is 7.80. The summed E-state index contributed by atoms with van der Waals surface area (Å²) < 4.78 is 22.3. The molecule has 234 valence electrons. The number of ether oxygens (including phenoxy) is 4. The molecule has 0 fully saturated rings. The van der Waals surface area contributed by atoms with Crippen LogP contribution in [0.3, 0.4) is 0 Å². The van der Waals surface area contributed by atoms with Gasteiger partial charge in [0.25, 0.3) is 0 Å². The molecule has 3 N–H and O–H groups in total. The molecular formula is C34H41N3O7. The van der Waals surface area contributed by atoms with E-state index in [-0.39, 0.29) is 28.8 Å². The van der Waals surface area contributed by atoms with E-state index < -0.39 is 12.1 Å². The van der Waals surface area contributed by atoms with E-state index >= 15 is 0 Å². The quantitative estimate of drug-likeness (QED) is 0.290. The van der Waals surface area contributed by atoms with Crippen molar-refractivity contribution in [1.82, 2.24) is 10.6 Å². The van der Waals surface area contributed by atoms with Gasteiger partial charge in [0, 0.05) is 19.0 Å². The zero-order valence-electron chi connectivity index (χ0n) is 26.3. The van der Waals surface area contributed by atoms with Crippen LogP contribution in [0.25, 0.3) is 11.1 Å². The normalized spacial score (nSPS) is 14.3. The van der Waals surface area contributed by atoms with Crippen LogP contribution in [0.2, 0.25) is 0 Å². The molecule has 10 nitrogen and oxygen atoms in total. The van der Waals surface area contributed by atoms with Crippen LogP contribution < -0.4 is 40.3 Å². The van der Waals surface area contributed by atoms with Crippen molar-refractivity contribution in [2.45, 2.75) is 52.2 Å². The molecular weight excluding hydrogens is 562 g/mol.